The Morgan fingerprint density at radius 3 is 2.49 bits per heavy atom. The highest BCUT2D eigenvalue weighted by molar-refractivity contribution is 5.94. The fraction of sp³-hybridized carbons (Fsp3) is 0.371. The van der Waals surface area contributed by atoms with Crippen molar-refractivity contribution >= 4 is 17.8 Å². The number of allylic oxidation sites excluding steroid dienone is 4. The fourth-order valence-electron chi connectivity index (χ4n) is 4.78. The summed E-state index contributed by atoms with van der Waals surface area (Å²) < 4.78 is 11.3. The SMILES string of the molecule is C=C(/C=C(\C=C/C)C(=N)OC/N=C\C=C1/N(CC)c2ccc(O)cc2C1(C)Cc1ccccc1)OCC(C)C.CC. The third-order valence-corrected chi connectivity index (χ3v) is 6.59. The predicted octanol–water partition coefficient (Wildman–Crippen LogP) is 8.35. The van der Waals surface area contributed by atoms with Crippen LogP contribution in [0.15, 0.2) is 101 Å². The van der Waals surface area contributed by atoms with Crippen molar-refractivity contribution in [1.82, 2.24) is 0 Å². The van der Waals surface area contributed by atoms with Gasteiger partial charge in [0.05, 0.1) is 6.61 Å². The van der Waals surface area contributed by atoms with Gasteiger partial charge in [0.15, 0.2) is 6.73 Å². The van der Waals surface area contributed by atoms with Crippen molar-refractivity contribution in [3.8, 4) is 5.75 Å². The Kier molecular flexibility index (Phi) is 13.1. The van der Waals surface area contributed by atoms with Crippen LogP contribution in [0.4, 0.5) is 5.69 Å². The van der Waals surface area contributed by atoms with E-state index in [1.54, 1.807) is 24.4 Å². The Bertz CT molecular complexity index is 1270. The molecule has 3 rings (SSSR count). The van der Waals surface area contributed by atoms with Crippen LogP contribution in [0.3, 0.4) is 0 Å². The first-order chi connectivity index (χ1) is 19.7. The van der Waals surface area contributed by atoms with Crippen LogP contribution in [-0.2, 0) is 21.3 Å². The fourth-order valence-corrected chi connectivity index (χ4v) is 4.78. The van der Waals surface area contributed by atoms with Gasteiger partial charge in [-0.2, -0.15) is 0 Å². The van der Waals surface area contributed by atoms with Crippen LogP contribution in [0.2, 0.25) is 0 Å². The molecule has 1 aliphatic rings. The number of anilines is 1. The van der Waals surface area contributed by atoms with Crippen LogP contribution in [-0.4, -0.2) is 37.1 Å². The molecule has 0 aromatic heterocycles. The van der Waals surface area contributed by atoms with Crippen molar-refractivity contribution in [2.45, 2.75) is 60.3 Å². The van der Waals surface area contributed by atoms with Crippen molar-refractivity contribution in [2.24, 2.45) is 10.9 Å². The highest BCUT2D eigenvalue weighted by Gasteiger charge is 2.43. The highest BCUT2D eigenvalue weighted by atomic mass is 16.5. The maximum atomic E-state index is 10.3. The maximum Gasteiger partial charge on any atom is 0.215 e. The van der Waals surface area contributed by atoms with E-state index < -0.39 is 0 Å². The smallest absolute Gasteiger partial charge is 0.215 e. The van der Waals surface area contributed by atoms with Gasteiger partial charge in [0.1, 0.15) is 11.5 Å². The molecule has 0 saturated heterocycles. The molecule has 2 aromatic rings. The van der Waals surface area contributed by atoms with Crippen molar-refractivity contribution in [3.63, 3.8) is 0 Å². The number of hydrogen-bond acceptors (Lipinski definition) is 6. The molecule has 0 aliphatic carbocycles. The lowest BCUT2D eigenvalue weighted by Crippen LogP contribution is -2.30. The average Bonchev–Trinajstić information content (AvgIpc) is 3.19. The van der Waals surface area contributed by atoms with Crippen LogP contribution >= 0.6 is 0 Å². The second-order valence-electron chi connectivity index (χ2n) is 10.2. The molecule has 0 spiro atoms. The second kappa shape index (κ2) is 16.3. The number of fused-ring (bicyclic) bond motifs is 1. The highest BCUT2D eigenvalue weighted by Crippen LogP contribution is 2.50. The van der Waals surface area contributed by atoms with Crippen LogP contribution < -0.4 is 4.90 Å². The summed E-state index contributed by atoms with van der Waals surface area (Å²) in [6.45, 7) is 19.6. The van der Waals surface area contributed by atoms with Crippen molar-refractivity contribution in [1.29, 1.82) is 5.41 Å². The molecular weight excluding hydrogens is 510 g/mol. The number of phenolic OH excluding ortho intramolecular Hbond substituents is 1. The van der Waals surface area contributed by atoms with Gasteiger partial charge in [-0.25, -0.2) is 0 Å². The second-order valence-corrected chi connectivity index (χ2v) is 10.2. The van der Waals surface area contributed by atoms with Crippen molar-refractivity contribution < 1.29 is 14.6 Å². The summed E-state index contributed by atoms with van der Waals surface area (Å²) in [7, 11) is 0. The summed E-state index contributed by atoms with van der Waals surface area (Å²) in [5.41, 5.74) is 4.71. The van der Waals surface area contributed by atoms with E-state index in [0.717, 1.165) is 29.9 Å². The molecule has 0 bridgehead atoms. The summed E-state index contributed by atoms with van der Waals surface area (Å²) in [4.78, 5) is 6.70. The van der Waals surface area contributed by atoms with Crippen LogP contribution in [0.1, 0.15) is 59.6 Å². The van der Waals surface area contributed by atoms with Gasteiger partial charge in [0.2, 0.25) is 5.90 Å². The number of likely N-dealkylation sites (N-methyl/N-ethyl adjacent to an activating group) is 1. The zero-order valence-electron chi connectivity index (χ0n) is 25.8. The van der Waals surface area contributed by atoms with Gasteiger partial charge in [0.25, 0.3) is 0 Å². The molecule has 1 atom stereocenters. The molecule has 0 saturated carbocycles. The lowest BCUT2D eigenvalue weighted by Gasteiger charge is -2.30. The van der Waals surface area contributed by atoms with E-state index in [9.17, 15) is 5.11 Å². The van der Waals surface area contributed by atoms with E-state index in [-0.39, 0.29) is 23.8 Å². The Balaban J connectivity index is 0.00000287. The topological polar surface area (TPSA) is 78.1 Å². The summed E-state index contributed by atoms with van der Waals surface area (Å²) in [6.07, 6.45) is 9.87. The number of aliphatic imine (C=N–C) groups is 1. The molecule has 1 aliphatic heterocycles. The van der Waals surface area contributed by atoms with E-state index in [1.807, 2.05) is 63.3 Å². The number of benzene rings is 2. The molecular formula is C35H47N3O3. The Labute approximate surface area is 246 Å². The van der Waals surface area contributed by atoms with Gasteiger partial charge < -0.3 is 19.5 Å². The average molecular weight is 558 g/mol. The summed E-state index contributed by atoms with van der Waals surface area (Å²) in [5, 5.41) is 18.7. The minimum absolute atomic E-state index is 0.0000439. The molecule has 1 heterocycles. The molecule has 0 radical (unpaired) electrons. The molecule has 0 amide bonds. The number of nitrogens with zero attached hydrogens (tertiary/aromatic N) is 2. The van der Waals surface area contributed by atoms with Gasteiger partial charge in [-0.3, -0.25) is 10.4 Å². The number of aromatic hydroxyl groups is 1. The lowest BCUT2D eigenvalue weighted by atomic mass is 9.76. The van der Waals surface area contributed by atoms with Crippen molar-refractivity contribution in [3.05, 3.63) is 108 Å². The Morgan fingerprint density at radius 1 is 1.15 bits per heavy atom. The number of ether oxygens (including phenoxy) is 2. The number of hydrogen-bond donors (Lipinski definition) is 2. The minimum atomic E-state index is -0.358. The van der Waals surface area contributed by atoms with Crippen LogP contribution in [0.25, 0.3) is 0 Å². The minimum Gasteiger partial charge on any atom is -0.508 e. The first-order valence-corrected chi connectivity index (χ1v) is 14.4. The number of phenols is 1. The third kappa shape index (κ3) is 8.97. The van der Waals surface area contributed by atoms with E-state index >= 15 is 0 Å². The van der Waals surface area contributed by atoms with Gasteiger partial charge >= 0.3 is 0 Å². The molecule has 220 valence electrons. The first-order valence-electron chi connectivity index (χ1n) is 14.4. The normalized spacial score (nSPS) is 17.6. The van der Waals surface area contributed by atoms with E-state index in [2.05, 4.69) is 56.3 Å². The summed E-state index contributed by atoms with van der Waals surface area (Å²) in [6, 6.07) is 16.0. The van der Waals surface area contributed by atoms with Crippen molar-refractivity contribution in [2.75, 3.05) is 24.8 Å². The van der Waals surface area contributed by atoms with Gasteiger partial charge in [-0.05, 0) is 74.6 Å². The molecule has 6 nitrogen and oxygen atoms in total. The number of rotatable bonds is 12. The van der Waals surface area contributed by atoms with Gasteiger partial charge in [0, 0.05) is 35.1 Å². The third-order valence-electron chi connectivity index (χ3n) is 6.59. The van der Waals surface area contributed by atoms with E-state index in [0.29, 0.717) is 23.9 Å². The van der Waals surface area contributed by atoms with Gasteiger partial charge in [-0.1, -0.05) is 76.8 Å². The summed E-state index contributed by atoms with van der Waals surface area (Å²) in [5.74, 6) is 1.13. The molecule has 2 N–H and O–H groups in total. The molecule has 0 fully saturated rings. The van der Waals surface area contributed by atoms with Gasteiger partial charge in [-0.15, -0.1) is 0 Å². The zero-order chi connectivity index (χ0) is 30.4. The molecule has 6 heteroatoms. The van der Waals surface area contributed by atoms with E-state index in [4.69, 9.17) is 14.9 Å². The lowest BCUT2D eigenvalue weighted by molar-refractivity contribution is 0.191. The molecule has 41 heavy (non-hydrogen) atoms. The quantitative estimate of drug-likeness (QED) is 0.119. The maximum absolute atomic E-state index is 10.3. The number of nitrogens with one attached hydrogen (secondary N) is 1. The first kappa shape index (κ1) is 33.1. The standard InChI is InChI=1S/C33H41N3O3.C2H6/c1-7-12-27(19-25(5)38-22-24(3)4)32(34)39-23-35-18-17-31-33(6,21-26-13-10-9-11-14-26)29-20-28(37)15-16-30(29)36(31)8-2;1-2/h7,9-20,24,34,37H,5,8,21-23H2,1-4,6H3;1-2H3/b12-7-,27-19+,31-17-,34-32?,35-18-;. The predicted molar refractivity (Wildman–Crippen MR) is 173 cm³/mol. The zero-order valence-corrected chi connectivity index (χ0v) is 25.8. The molecule has 1 unspecified atom stereocenters. The Hall–Kier alpha value is -4.06. The monoisotopic (exact) mass is 557 g/mol. The van der Waals surface area contributed by atoms with E-state index in [1.165, 1.54) is 5.56 Å². The van der Waals surface area contributed by atoms with Crippen LogP contribution in [0.5, 0.6) is 5.75 Å². The largest absolute Gasteiger partial charge is 0.508 e. The van der Waals surface area contributed by atoms with Crippen LogP contribution in [0, 0.1) is 11.3 Å². The summed E-state index contributed by atoms with van der Waals surface area (Å²) >= 11 is 0. The molecule has 2 aromatic carbocycles. The Morgan fingerprint density at radius 2 is 1.85 bits per heavy atom.